The third kappa shape index (κ3) is 3.09. The molecule has 0 radical (unpaired) electrons. The molecular weight excluding hydrogens is 216 g/mol. The minimum absolute atomic E-state index is 0.183. The minimum Gasteiger partial charge on any atom is -0.296 e. The maximum Gasteiger partial charge on any atom is 0.367 e. The van der Waals surface area contributed by atoms with Gasteiger partial charge >= 0.3 is 5.97 Å². The first kappa shape index (κ1) is 12.6. The lowest BCUT2D eigenvalue weighted by Gasteiger charge is -2.49. The van der Waals surface area contributed by atoms with Crippen molar-refractivity contribution in [1.82, 2.24) is 0 Å². The molecule has 0 saturated heterocycles. The predicted molar refractivity (Wildman–Crippen MR) is 65.2 cm³/mol. The smallest absolute Gasteiger partial charge is 0.296 e. The molecule has 4 rings (SSSR count). The van der Waals surface area contributed by atoms with Gasteiger partial charge in [-0.15, -0.1) is 0 Å². The van der Waals surface area contributed by atoms with Gasteiger partial charge in [0, 0.05) is 5.57 Å². The number of rotatable bonds is 1. The molecule has 4 bridgehead atoms. The van der Waals surface area contributed by atoms with Crippen molar-refractivity contribution in [1.29, 1.82) is 0 Å². The second kappa shape index (κ2) is 5.21. The molecule has 0 aromatic rings. The van der Waals surface area contributed by atoms with Crippen molar-refractivity contribution in [2.45, 2.75) is 45.4 Å². The van der Waals surface area contributed by atoms with E-state index in [1.165, 1.54) is 30.6 Å². The van der Waals surface area contributed by atoms with Crippen LogP contribution in [0.4, 0.5) is 0 Å². The van der Waals surface area contributed by atoms with E-state index in [-0.39, 0.29) is 5.57 Å². The average Bonchev–Trinajstić information content (AvgIpc) is 2.26. The highest BCUT2D eigenvalue weighted by atomic mass is 17.1. The van der Waals surface area contributed by atoms with Crippen LogP contribution in [0, 0.1) is 23.7 Å². The van der Waals surface area contributed by atoms with E-state index >= 15 is 0 Å². The third-order valence-electron chi connectivity index (χ3n) is 4.43. The summed E-state index contributed by atoms with van der Waals surface area (Å²) in [7, 11) is 0. The second-order valence-electron chi connectivity index (χ2n) is 6.04. The molecule has 0 unspecified atom stereocenters. The highest BCUT2D eigenvalue weighted by molar-refractivity contribution is 5.86. The first-order valence-electron chi connectivity index (χ1n) is 6.59. The molecule has 4 aliphatic carbocycles. The third-order valence-corrected chi connectivity index (χ3v) is 4.43. The van der Waals surface area contributed by atoms with Crippen LogP contribution in [-0.4, -0.2) is 11.2 Å². The van der Waals surface area contributed by atoms with E-state index in [9.17, 15) is 4.79 Å². The fourth-order valence-corrected chi connectivity index (χ4v) is 4.06. The molecule has 4 aliphatic rings. The normalized spacial score (nSPS) is 37.1. The van der Waals surface area contributed by atoms with Crippen molar-refractivity contribution in [3.05, 3.63) is 12.2 Å². The van der Waals surface area contributed by atoms with Crippen LogP contribution in [0.2, 0.25) is 0 Å². The lowest BCUT2D eigenvalue weighted by molar-refractivity contribution is -0.229. The number of carbonyl (C=O) groups excluding carboxylic acids is 1. The Bertz CT molecular complexity index is 252. The summed E-state index contributed by atoms with van der Waals surface area (Å²) < 4.78 is 0. The molecule has 0 atom stereocenters. The first-order valence-corrected chi connectivity index (χ1v) is 6.59. The van der Waals surface area contributed by atoms with E-state index in [1.807, 2.05) is 0 Å². The molecule has 1 N–H and O–H groups in total. The van der Waals surface area contributed by atoms with Gasteiger partial charge in [-0.25, -0.2) is 4.79 Å². The van der Waals surface area contributed by atoms with Gasteiger partial charge in [0.2, 0.25) is 0 Å². The second-order valence-corrected chi connectivity index (χ2v) is 6.04. The zero-order chi connectivity index (χ0) is 12.4. The summed E-state index contributed by atoms with van der Waals surface area (Å²) >= 11 is 0. The van der Waals surface area contributed by atoms with Gasteiger partial charge in [-0.1, -0.05) is 6.58 Å². The van der Waals surface area contributed by atoms with Crippen molar-refractivity contribution >= 4 is 5.97 Å². The van der Waals surface area contributed by atoms with Crippen LogP contribution in [0.3, 0.4) is 0 Å². The molecule has 4 fully saturated rings. The van der Waals surface area contributed by atoms with Crippen LogP contribution in [0.1, 0.15) is 45.4 Å². The first-order chi connectivity index (χ1) is 8.08. The van der Waals surface area contributed by atoms with Crippen molar-refractivity contribution in [2.75, 3.05) is 0 Å². The van der Waals surface area contributed by atoms with E-state index in [4.69, 9.17) is 5.26 Å². The van der Waals surface area contributed by atoms with Crippen LogP contribution < -0.4 is 0 Å². The Balaban J connectivity index is 0.000000139. The van der Waals surface area contributed by atoms with Crippen LogP contribution in [0.25, 0.3) is 0 Å². The molecule has 0 spiro atoms. The van der Waals surface area contributed by atoms with Gasteiger partial charge in [0.15, 0.2) is 0 Å². The SMILES string of the molecule is C1C2CC3CC1CC(C2)C3.C=C(C)C(=O)OO. The maximum atomic E-state index is 9.94. The van der Waals surface area contributed by atoms with E-state index in [2.05, 4.69) is 11.5 Å². The molecule has 0 aromatic heterocycles. The molecule has 0 heterocycles. The molecule has 17 heavy (non-hydrogen) atoms. The summed E-state index contributed by atoms with van der Waals surface area (Å²) in [5.41, 5.74) is 0.183. The fraction of sp³-hybridized carbons (Fsp3) is 0.786. The zero-order valence-corrected chi connectivity index (χ0v) is 10.5. The monoisotopic (exact) mass is 238 g/mol. The summed E-state index contributed by atoms with van der Waals surface area (Å²) in [6.07, 6.45) is 9.62. The van der Waals surface area contributed by atoms with Crippen molar-refractivity contribution in [2.24, 2.45) is 23.7 Å². The van der Waals surface area contributed by atoms with Crippen LogP contribution in [-0.2, 0) is 9.68 Å². The number of carbonyl (C=O) groups is 1. The molecule has 4 saturated carbocycles. The Kier molecular flexibility index (Phi) is 3.87. The lowest BCUT2D eigenvalue weighted by Crippen LogP contribution is -2.38. The van der Waals surface area contributed by atoms with Crippen molar-refractivity contribution in [3.63, 3.8) is 0 Å². The van der Waals surface area contributed by atoms with Gasteiger partial charge < -0.3 is 0 Å². The Morgan fingerprint density at radius 2 is 1.29 bits per heavy atom. The van der Waals surface area contributed by atoms with Gasteiger partial charge in [0.25, 0.3) is 0 Å². The van der Waals surface area contributed by atoms with Gasteiger partial charge in [0.1, 0.15) is 0 Å². The summed E-state index contributed by atoms with van der Waals surface area (Å²) in [5.74, 6) is 3.92. The van der Waals surface area contributed by atoms with Gasteiger partial charge in [-0.05, 0) is 69.1 Å². The van der Waals surface area contributed by atoms with Crippen LogP contribution in [0.15, 0.2) is 12.2 Å². The summed E-state index contributed by atoms with van der Waals surface area (Å²) in [6, 6.07) is 0. The standard InChI is InChI=1S/C10H16.C4H6O3/c1-7-2-9-4-8(1)5-10(3-7)6-9;1-3(2)4(5)7-6/h7-10H,1-6H2;6H,1H2,2H3. The molecule has 96 valence electrons. The highest BCUT2D eigenvalue weighted by Crippen LogP contribution is 2.53. The van der Waals surface area contributed by atoms with E-state index in [0.29, 0.717) is 0 Å². The molecule has 0 aromatic carbocycles. The summed E-state index contributed by atoms with van der Waals surface area (Å²) in [6.45, 7) is 4.63. The van der Waals surface area contributed by atoms with Gasteiger partial charge in [-0.3, -0.25) is 4.89 Å². The average molecular weight is 238 g/mol. The predicted octanol–water partition coefficient (Wildman–Crippen LogP) is 3.41. The van der Waals surface area contributed by atoms with Crippen molar-refractivity contribution in [3.8, 4) is 0 Å². The summed E-state index contributed by atoms with van der Waals surface area (Å²) in [4.78, 5) is 13.2. The van der Waals surface area contributed by atoms with Crippen molar-refractivity contribution < 1.29 is 14.9 Å². The number of hydrogen-bond acceptors (Lipinski definition) is 3. The van der Waals surface area contributed by atoms with E-state index in [1.54, 1.807) is 38.5 Å². The zero-order valence-electron chi connectivity index (χ0n) is 10.5. The Morgan fingerprint density at radius 3 is 1.41 bits per heavy atom. The quantitative estimate of drug-likeness (QED) is 0.432. The largest absolute Gasteiger partial charge is 0.367 e. The van der Waals surface area contributed by atoms with Crippen LogP contribution in [0.5, 0.6) is 0 Å². The molecule has 3 heteroatoms. The Morgan fingerprint density at radius 1 is 1.00 bits per heavy atom. The Labute approximate surface area is 103 Å². The molecular formula is C14H22O3. The summed E-state index contributed by atoms with van der Waals surface area (Å²) in [5, 5.41) is 7.59. The lowest BCUT2D eigenvalue weighted by atomic mass is 9.56. The topological polar surface area (TPSA) is 46.5 Å². The maximum absolute atomic E-state index is 9.94. The molecule has 0 aliphatic heterocycles. The van der Waals surface area contributed by atoms with Crippen LogP contribution >= 0.6 is 0 Å². The van der Waals surface area contributed by atoms with E-state index < -0.39 is 5.97 Å². The molecule has 3 nitrogen and oxygen atoms in total. The Hall–Kier alpha value is -0.830. The van der Waals surface area contributed by atoms with Gasteiger partial charge in [0.05, 0.1) is 0 Å². The molecule has 0 amide bonds. The number of hydrogen-bond donors (Lipinski definition) is 1. The minimum atomic E-state index is -0.792. The van der Waals surface area contributed by atoms with E-state index in [0.717, 1.165) is 0 Å². The van der Waals surface area contributed by atoms with Gasteiger partial charge in [-0.2, -0.15) is 5.26 Å². The highest BCUT2D eigenvalue weighted by Gasteiger charge is 2.41. The fourth-order valence-electron chi connectivity index (χ4n) is 4.06.